The van der Waals surface area contributed by atoms with Gasteiger partial charge in [0, 0.05) is 30.5 Å². The number of carbonyl (C=O) groups excluding carboxylic acids is 3. The maximum Gasteiger partial charge on any atom is 0.328 e. The number of rotatable bonds is 8. The van der Waals surface area contributed by atoms with E-state index in [4.69, 9.17) is 4.74 Å². The van der Waals surface area contributed by atoms with Crippen LogP contribution in [0.4, 0.5) is 22.0 Å². The van der Waals surface area contributed by atoms with E-state index in [0.717, 1.165) is 16.8 Å². The van der Waals surface area contributed by atoms with Crippen molar-refractivity contribution >= 4 is 56.1 Å². The van der Waals surface area contributed by atoms with Gasteiger partial charge >= 0.3 is 6.03 Å². The Kier molecular flexibility index (Phi) is 8.43. The Labute approximate surface area is 222 Å². The number of urea groups is 1. The quantitative estimate of drug-likeness (QED) is 0.403. The molecule has 13 nitrogen and oxygen atoms in total. The van der Waals surface area contributed by atoms with E-state index >= 15 is 0 Å². The summed E-state index contributed by atoms with van der Waals surface area (Å²) in [6.45, 7) is 5.90. The van der Waals surface area contributed by atoms with Crippen molar-refractivity contribution in [3.63, 3.8) is 0 Å². The Hall–Kier alpha value is -3.56. The topological polar surface area (TPSA) is 175 Å². The normalized spacial score (nSPS) is 15.1. The zero-order chi connectivity index (χ0) is 28.4. The SMILES string of the molecule is COc1c(C(=O)Nc2ccc(N(CS(C)(=O)=O)S(=O)O)cn2)cc(N2CCC(=O)NC2=O)cc1C(C)(C)C. The summed E-state index contributed by atoms with van der Waals surface area (Å²) in [5.74, 6) is -1.34. The molecule has 3 N–H and O–H groups in total. The van der Waals surface area contributed by atoms with Gasteiger partial charge in [0.05, 0.1) is 24.6 Å². The summed E-state index contributed by atoms with van der Waals surface area (Å²) in [4.78, 5) is 42.9. The van der Waals surface area contributed by atoms with E-state index in [0.29, 0.717) is 17.0 Å². The molecule has 15 heteroatoms. The summed E-state index contributed by atoms with van der Waals surface area (Å²) in [6, 6.07) is 5.31. The highest BCUT2D eigenvalue weighted by molar-refractivity contribution is 7.92. The zero-order valence-electron chi connectivity index (χ0n) is 21.5. The molecular formula is C23H29N5O8S2. The molecule has 0 spiro atoms. The molecule has 1 unspecified atom stereocenters. The van der Waals surface area contributed by atoms with Crippen LogP contribution < -0.4 is 24.6 Å². The van der Waals surface area contributed by atoms with Crippen LogP contribution in [0.3, 0.4) is 0 Å². The van der Waals surface area contributed by atoms with Gasteiger partial charge in [-0.2, -0.15) is 0 Å². The number of methoxy groups -OCH3 is 1. The van der Waals surface area contributed by atoms with Gasteiger partial charge in [-0.05, 0) is 29.7 Å². The number of nitrogens with zero attached hydrogens (tertiary/aromatic N) is 3. The van der Waals surface area contributed by atoms with Crippen LogP contribution in [0.1, 0.15) is 43.1 Å². The van der Waals surface area contributed by atoms with Gasteiger partial charge in [-0.1, -0.05) is 20.8 Å². The fourth-order valence-electron chi connectivity index (χ4n) is 3.74. The zero-order valence-corrected chi connectivity index (χ0v) is 23.1. The largest absolute Gasteiger partial charge is 0.496 e. The van der Waals surface area contributed by atoms with Gasteiger partial charge in [0.2, 0.25) is 5.91 Å². The molecule has 1 aromatic heterocycles. The second-order valence-electron chi connectivity index (χ2n) is 9.60. The predicted octanol–water partition coefficient (Wildman–Crippen LogP) is 2.03. The first kappa shape index (κ1) is 29.0. The minimum absolute atomic E-state index is 0.0505. The smallest absolute Gasteiger partial charge is 0.328 e. The van der Waals surface area contributed by atoms with Crippen molar-refractivity contribution in [2.75, 3.05) is 40.3 Å². The van der Waals surface area contributed by atoms with Crippen LogP contribution in [0.2, 0.25) is 0 Å². The summed E-state index contributed by atoms with van der Waals surface area (Å²) in [5, 5.41) is 4.89. The molecule has 1 aliphatic rings. The van der Waals surface area contributed by atoms with Gasteiger partial charge in [0.25, 0.3) is 17.2 Å². The van der Waals surface area contributed by atoms with E-state index in [2.05, 4.69) is 15.6 Å². The van der Waals surface area contributed by atoms with Crippen LogP contribution in [0.5, 0.6) is 5.75 Å². The molecule has 4 amide bonds. The second kappa shape index (κ2) is 11.0. The average molecular weight is 568 g/mol. The monoisotopic (exact) mass is 567 g/mol. The van der Waals surface area contributed by atoms with Gasteiger partial charge < -0.3 is 10.1 Å². The maximum atomic E-state index is 13.4. The fraction of sp³-hybridized carbons (Fsp3) is 0.391. The molecule has 0 aliphatic carbocycles. The first-order valence-electron chi connectivity index (χ1n) is 11.3. The summed E-state index contributed by atoms with van der Waals surface area (Å²) < 4.78 is 50.6. The van der Waals surface area contributed by atoms with E-state index in [1.807, 2.05) is 20.8 Å². The molecule has 0 saturated carbocycles. The number of nitrogens with one attached hydrogen (secondary N) is 2. The summed E-state index contributed by atoms with van der Waals surface area (Å²) in [7, 11) is -2.19. The van der Waals surface area contributed by atoms with E-state index < -0.39 is 44.3 Å². The Morgan fingerprint density at radius 1 is 1.29 bits per heavy atom. The van der Waals surface area contributed by atoms with Crippen molar-refractivity contribution in [2.45, 2.75) is 32.6 Å². The molecule has 0 radical (unpaired) electrons. The third-order valence-electron chi connectivity index (χ3n) is 5.51. The van der Waals surface area contributed by atoms with Crippen molar-refractivity contribution < 1.29 is 36.3 Å². The standard InChI is InChI=1S/C23H29N5O8S2/c1-23(2,3)17-11-15(27-9-8-19(29)26-22(27)31)10-16(20(17)36-4)21(30)25-18-7-6-14(12-24-18)28(37(32)33)13-38(5,34)35/h6-7,10-12H,8-9,13H2,1-5H3,(H,32,33)(H,24,25,30)(H,26,29,31). The Morgan fingerprint density at radius 3 is 2.47 bits per heavy atom. The number of amides is 4. The van der Waals surface area contributed by atoms with Gasteiger partial charge in [0.1, 0.15) is 17.4 Å². The lowest BCUT2D eigenvalue weighted by Gasteiger charge is -2.30. The van der Waals surface area contributed by atoms with E-state index in [-0.39, 0.29) is 35.9 Å². The van der Waals surface area contributed by atoms with Gasteiger partial charge in [-0.25, -0.2) is 22.4 Å². The number of hydrogen-bond donors (Lipinski definition) is 3. The molecule has 1 fully saturated rings. The molecule has 0 bridgehead atoms. The van der Waals surface area contributed by atoms with Crippen molar-refractivity contribution in [3.8, 4) is 5.75 Å². The third kappa shape index (κ3) is 6.85. The number of hydrogen-bond acceptors (Lipinski definition) is 8. The number of pyridine rings is 1. The highest BCUT2D eigenvalue weighted by Gasteiger charge is 2.30. The molecule has 2 aromatic rings. The molecule has 1 saturated heterocycles. The summed E-state index contributed by atoms with van der Waals surface area (Å²) in [6.07, 6.45) is 2.18. The first-order valence-corrected chi connectivity index (χ1v) is 14.4. The lowest BCUT2D eigenvalue weighted by Crippen LogP contribution is -2.49. The summed E-state index contributed by atoms with van der Waals surface area (Å²) in [5.41, 5.74) is 0.727. The van der Waals surface area contributed by atoms with Gasteiger partial charge in [-0.15, -0.1) is 0 Å². The molecule has 206 valence electrons. The number of sulfone groups is 1. The highest BCUT2D eigenvalue weighted by Crippen LogP contribution is 2.38. The van der Waals surface area contributed by atoms with Crippen LogP contribution in [0.25, 0.3) is 0 Å². The van der Waals surface area contributed by atoms with Gasteiger partial charge in [-0.3, -0.25) is 28.7 Å². The minimum atomic E-state index is -3.62. The molecule has 1 aromatic carbocycles. The molecular weight excluding hydrogens is 538 g/mol. The van der Waals surface area contributed by atoms with E-state index in [9.17, 15) is 31.6 Å². The number of anilines is 3. The van der Waals surface area contributed by atoms with Crippen LogP contribution in [-0.4, -0.2) is 65.8 Å². The van der Waals surface area contributed by atoms with Crippen molar-refractivity contribution in [1.82, 2.24) is 10.3 Å². The lowest BCUT2D eigenvalue weighted by atomic mass is 9.84. The van der Waals surface area contributed by atoms with Crippen molar-refractivity contribution in [2.24, 2.45) is 0 Å². The molecule has 1 aliphatic heterocycles. The molecule has 2 heterocycles. The second-order valence-corrected chi connectivity index (χ2v) is 12.6. The first-order chi connectivity index (χ1) is 17.6. The maximum absolute atomic E-state index is 13.4. The van der Waals surface area contributed by atoms with Crippen molar-refractivity contribution in [3.05, 3.63) is 41.6 Å². The summed E-state index contributed by atoms with van der Waals surface area (Å²) >= 11 is -2.62. The Morgan fingerprint density at radius 2 is 1.97 bits per heavy atom. The Balaban J connectivity index is 1.97. The number of aromatic nitrogens is 1. The van der Waals surface area contributed by atoms with Crippen LogP contribution in [0.15, 0.2) is 30.5 Å². The predicted molar refractivity (Wildman–Crippen MR) is 142 cm³/mol. The number of carbonyl (C=O) groups is 3. The molecule has 38 heavy (non-hydrogen) atoms. The minimum Gasteiger partial charge on any atom is -0.496 e. The average Bonchev–Trinajstić information content (AvgIpc) is 2.81. The van der Waals surface area contributed by atoms with Crippen LogP contribution >= 0.6 is 0 Å². The number of benzene rings is 1. The Bertz CT molecular complexity index is 1390. The van der Waals surface area contributed by atoms with Crippen LogP contribution in [0, 0.1) is 0 Å². The molecule has 1 atom stereocenters. The lowest BCUT2D eigenvalue weighted by molar-refractivity contribution is -0.120. The highest BCUT2D eigenvalue weighted by atomic mass is 32.2. The van der Waals surface area contributed by atoms with Gasteiger partial charge in [0.15, 0.2) is 9.84 Å². The number of imide groups is 1. The van der Waals surface area contributed by atoms with E-state index in [1.165, 1.54) is 30.2 Å². The van der Waals surface area contributed by atoms with Crippen LogP contribution in [-0.2, 0) is 31.3 Å². The number of ether oxygens (including phenoxy) is 1. The van der Waals surface area contributed by atoms with E-state index in [1.54, 1.807) is 6.07 Å². The third-order valence-corrected chi connectivity index (χ3v) is 7.12. The fourth-order valence-corrected chi connectivity index (χ4v) is 5.54. The molecule has 3 rings (SSSR count). The van der Waals surface area contributed by atoms with Crippen molar-refractivity contribution in [1.29, 1.82) is 0 Å².